The van der Waals surface area contributed by atoms with Crippen LogP contribution >= 0.6 is 0 Å². The number of amides is 1. The van der Waals surface area contributed by atoms with Gasteiger partial charge in [0.2, 0.25) is 12.7 Å². The van der Waals surface area contributed by atoms with E-state index >= 15 is 0 Å². The number of aliphatic hydroxyl groups is 1. The first-order chi connectivity index (χ1) is 8.76. The van der Waals surface area contributed by atoms with Crippen molar-refractivity contribution in [1.29, 1.82) is 0 Å². The minimum atomic E-state index is -0.225. The van der Waals surface area contributed by atoms with Crippen LogP contribution in [-0.4, -0.2) is 43.5 Å². The Morgan fingerprint density at radius 1 is 1.39 bits per heavy atom. The monoisotopic (exact) mass is 250 g/mol. The summed E-state index contributed by atoms with van der Waals surface area (Å²) < 4.78 is 10.6. The quantitative estimate of drug-likeness (QED) is 0.755. The van der Waals surface area contributed by atoms with Gasteiger partial charge in [-0.05, 0) is 12.1 Å². The Hall–Kier alpha value is -1.95. The van der Waals surface area contributed by atoms with E-state index in [1.165, 1.54) is 0 Å². The van der Waals surface area contributed by atoms with E-state index in [0.717, 1.165) is 11.4 Å². The molecule has 1 amide bonds. The molecule has 1 aromatic carbocycles. The van der Waals surface area contributed by atoms with Gasteiger partial charge in [-0.15, -0.1) is 0 Å². The number of ether oxygens (including phenoxy) is 2. The number of nitrogens with zero attached hydrogens (tertiary/aromatic N) is 1. The van der Waals surface area contributed by atoms with Gasteiger partial charge in [0.15, 0.2) is 11.5 Å². The van der Waals surface area contributed by atoms with Crippen LogP contribution in [0.3, 0.4) is 0 Å². The van der Waals surface area contributed by atoms with Gasteiger partial charge >= 0.3 is 0 Å². The number of piperazine rings is 1. The van der Waals surface area contributed by atoms with Crippen LogP contribution in [0.5, 0.6) is 11.5 Å². The molecule has 1 aromatic rings. The van der Waals surface area contributed by atoms with Crippen LogP contribution in [-0.2, 0) is 4.79 Å². The highest BCUT2D eigenvalue weighted by atomic mass is 16.7. The van der Waals surface area contributed by atoms with Gasteiger partial charge in [-0.25, -0.2) is 0 Å². The third kappa shape index (κ3) is 1.95. The van der Waals surface area contributed by atoms with Gasteiger partial charge in [0.05, 0.1) is 19.2 Å². The van der Waals surface area contributed by atoms with Crippen molar-refractivity contribution in [2.75, 3.05) is 31.4 Å². The van der Waals surface area contributed by atoms with E-state index in [1.54, 1.807) is 0 Å². The number of carbonyl (C=O) groups excluding carboxylic acids is 1. The fourth-order valence-electron chi connectivity index (χ4n) is 2.20. The summed E-state index contributed by atoms with van der Waals surface area (Å²) in [5, 5.41) is 11.9. The lowest BCUT2D eigenvalue weighted by atomic mass is 10.1. The summed E-state index contributed by atoms with van der Waals surface area (Å²) in [4.78, 5) is 13.4. The van der Waals surface area contributed by atoms with Crippen molar-refractivity contribution in [3.05, 3.63) is 18.2 Å². The zero-order valence-electron chi connectivity index (χ0n) is 9.76. The molecule has 3 rings (SSSR count). The lowest BCUT2D eigenvalue weighted by Gasteiger charge is -2.33. The number of rotatable bonds is 2. The third-order valence-corrected chi connectivity index (χ3v) is 3.08. The van der Waals surface area contributed by atoms with Crippen molar-refractivity contribution in [2.24, 2.45) is 0 Å². The van der Waals surface area contributed by atoms with Crippen LogP contribution in [0.25, 0.3) is 0 Å². The summed E-state index contributed by atoms with van der Waals surface area (Å²) in [6.45, 7) is 1.04. The topological polar surface area (TPSA) is 71.0 Å². The third-order valence-electron chi connectivity index (χ3n) is 3.08. The predicted molar refractivity (Wildman–Crippen MR) is 63.8 cm³/mol. The molecule has 0 radical (unpaired) electrons. The fourth-order valence-corrected chi connectivity index (χ4v) is 2.20. The van der Waals surface area contributed by atoms with Crippen molar-refractivity contribution in [3.8, 4) is 11.5 Å². The highest BCUT2D eigenvalue weighted by Gasteiger charge is 2.25. The molecular formula is C12H14N2O4. The summed E-state index contributed by atoms with van der Waals surface area (Å²) in [6, 6.07) is 5.35. The maximum atomic E-state index is 11.5. The van der Waals surface area contributed by atoms with Crippen molar-refractivity contribution in [2.45, 2.75) is 6.04 Å². The average Bonchev–Trinajstić information content (AvgIpc) is 2.85. The Bertz CT molecular complexity index is 477. The van der Waals surface area contributed by atoms with Crippen molar-refractivity contribution in [1.82, 2.24) is 5.32 Å². The molecule has 96 valence electrons. The first-order valence-corrected chi connectivity index (χ1v) is 5.81. The minimum Gasteiger partial charge on any atom is -0.454 e. The minimum absolute atomic E-state index is 0.0627. The number of fused-ring (bicyclic) bond motifs is 1. The zero-order valence-corrected chi connectivity index (χ0v) is 9.76. The van der Waals surface area contributed by atoms with Crippen LogP contribution in [0.4, 0.5) is 5.69 Å². The molecule has 18 heavy (non-hydrogen) atoms. The molecule has 0 saturated carbocycles. The van der Waals surface area contributed by atoms with E-state index in [4.69, 9.17) is 14.6 Å². The lowest BCUT2D eigenvalue weighted by Crippen LogP contribution is -2.55. The lowest BCUT2D eigenvalue weighted by molar-refractivity contribution is -0.121. The highest BCUT2D eigenvalue weighted by molar-refractivity contribution is 5.83. The van der Waals surface area contributed by atoms with Gasteiger partial charge in [0.1, 0.15) is 0 Å². The first kappa shape index (κ1) is 11.2. The molecule has 2 aliphatic heterocycles. The molecule has 2 N–H and O–H groups in total. The normalized spacial score (nSPS) is 21.9. The molecule has 1 atom stereocenters. The van der Waals surface area contributed by atoms with Crippen molar-refractivity contribution in [3.63, 3.8) is 0 Å². The standard InChI is InChI=1S/C12H14N2O4/c15-6-8-4-14(5-12(16)13-8)9-1-2-10-11(3-9)18-7-17-10/h1-3,8,15H,4-7H2,(H,13,16). The van der Waals surface area contributed by atoms with Crippen molar-refractivity contribution < 1.29 is 19.4 Å². The Balaban J connectivity index is 1.83. The number of anilines is 1. The van der Waals surface area contributed by atoms with Gasteiger partial charge in [-0.2, -0.15) is 0 Å². The number of hydrogen-bond donors (Lipinski definition) is 2. The number of carbonyl (C=O) groups is 1. The first-order valence-electron chi connectivity index (χ1n) is 5.81. The van der Waals surface area contributed by atoms with Crippen molar-refractivity contribution >= 4 is 11.6 Å². The molecule has 1 unspecified atom stereocenters. The maximum Gasteiger partial charge on any atom is 0.239 e. The Morgan fingerprint density at radius 3 is 3.06 bits per heavy atom. The molecule has 6 nitrogen and oxygen atoms in total. The summed E-state index contributed by atoms with van der Waals surface area (Å²) >= 11 is 0. The molecule has 1 saturated heterocycles. The van der Waals surface area contributed by atoms with Gasteiger partial charge in [-0.1, -0.05) is 0 Å². The van der Waals surface area contributed by atoms with Crippen LogP contribution in [0.2, 0.25) is 0 Å². The second-order valence-electron chi connectivity index (χ2n) is 4.37. The second kappa shape index (κ2) is 4.38. The van der Waals surface area contributed by atoms with Crippen LogP contribution < -0.4 is 19.7 Å². The van der Waals surface area contributed by atoms with Gasteiger partial charge in [-0.3, -0.25) is 4.79 Å². The van der Waals surface area contributed by atoms with E-state index < -0.39 is 0 Å². The Labute approximate surface area is 104 Å². The van der Waals surface area contributed by atoms with Gasteiger partial charge in [0.25, 0.3) is 0 Å². The van der Waals surface area contributed by atoms with Crippen LogP contribution in [0, 0.1) is 0 Å². The number of benzene rings is 1. The SMILES string of the molecule is O=C1CN(c2ccc3c(c2)OCO3)CC(CO)N1. The molecule has 0 aromatic heterocycles. The fraction of sp³-hybridized carbons (Fsp3) is 0.417. The number of hydrogen-bond acceptors (Lipinski definition) is 5. The van der Waals surface area contributed by atoms with E-state index in [2.05, 4.69) is 5.32 Å². The molecular weight excluding hydrogens is 236 g/mol. The number of nitrogens with one attached hydrogen (secondary N) is 1. The van der Waals surface area contributed by atoms with Crippen LogP contribution in [0.15, 0.2) is 18.2 Å². The predicted octanol–water partition coefficient (Wildman–Crippen LogP) is -0.288. The molecule has 0 spiro atoms. The largest absolute Gasteiger partial charge is 0.454 e. The van der Waals surface area contributed by atoms with E-state index in [-0.39, 0.29) is 31.9 Å². The average molecular weight is 250 g/mol. The second-order valence-corrected chi connectivity index (χ2v) is 4.37. The van der Waals surface area contributed by atoms with E-state index in [1.807, 2.05) is 23.1 Å². The zero-order chi connectivity index (χ0) is 12.5. The van der Waals surface area contributed by atoms with Crippen LogP contribution in [0.1, 0.15) is 0 Å². The Morgan fingerprint density at radius 2 is 2.22 bits per heavy atom. The molecule has 2 heterocycles. The number of aliphatic hydroxyl groups excluding tert-OH is 1. The summed E-state index contributed by atoms with van der Waals surface area (Å²) in [7, 11) is 0. The van der Waals surface area contributed by atoms with E-state index in [9.17, 15) is 4.79 Å². The van der Waals surface area contributed by atoms with E-state index in [0.29, 0.717) is 12.3 Å². The molecule has 0 bridgehead atoms. The van der Waals surface area contributed by atoms with Gasteiger partial charge in [0, 0.05) is 18.3 Å². The summed E-state index contributed by atoms with van der Waals surface area (Å²) in [6.07, 6.45) is 0. The van der Waals surface area contributed by atoms with Gasteiger partial charge < -0.3 is 24.8 Å². The molecule has 1 fully saturated rings. The summed E-state index contributed by atoms with van der Waals surface area (Å²) in [5.41, 5.74) is 0.896. The summed E-state index contributed by atoms with van der Waals surface area (Å²) in [5.74, 6) is 1.33. The molecule has 2 aliphatic rings. The Kier molecular flexibility index (Phi) is 2.71. The smallest absolute Gasteiger partial charge is 0.239 e. The molecule has 0 aliphatic carbocycles. The maximum absolute atomic E-state index is 11.5. The molecule has 6 heteroatoms. The highest BCUT2D eigenvalue weighted by Crippen LogP contribution is 2.35.